The number of alkyl halides is 1. The molecule has 0 aliphatic heterocycles. The lowest BCUT2D eigenvalue weighted by Gasteiger charge is -2.02. The van der Waals surface area contributed by atoms with Crippen molar-refractivity contribution in [2.75, 3.05) is 11.1 Å². The number of fused-ring (bicyclic) bond motifs is 1. The molecule has 0 spiro atoms. The quantitative estimate of drug-likeness (QED) is 0.351. The monoisotopic (exact) mass is 330 g/mol. The molecule has 0 aliphatic rings. The van der Waals surface area contributed by atoms with Crippen LogP contribution in [0.1, 0.15) is 24.0 Å². The van der Waals surface area contributed by atoms with Gasteiger partial charge in [-0.2, -0.15) is 0 Å². The topological polar surface area (TPSA) is 25.8 Å². The Bertz CT molecular complexity index is 510. The average Bonchev–Trinajstić information content (AvgIpc) is 2.72. The van der Waals surface area contributed by atoms with Gasteiger partial charge in [0.2, 0.25) is 0 Å². The normalized spacial score (nSPS) is 11.2. The number of aromatic nitrogens is 2. The summed E-state index contributed by atoms with van der Waals surface area (Å²) in [6.07, 6.45) is 2.24. The lowest BCUT2D eigenvalue weighted by molar-refractivity contribution is 1.01. The Balaban J connectivity index is 2.34. The van der Waals surface area contributed by atoms with Gasteiger partial charge in [0.05, 0.1) is 0 Å². The van der Waals surface area contributed by atoms with E-state index >= 15 is 0 Å². The zero-order valence-corrected chi connectivity index (χ0v) is 13.2. The smallest absolute Gasteiger partial charge is 0.128 e. The van der Waals surface area contributed by atoms with Gasteiger partial charge in [0.1, 0.15) is 15.7 Å². The van der Waals surface area contributed by atoms with E-state index in [1.54, 1.807) is 11.3 Å². The number of rotatable bonds is 5. The van der Waals surface area contributed by atoms with Crippen molar-refractivity contribution in [1.29, 1.82) is 0 Å². The predicted molar refractivity (Wildman–Crippen MR) is 80.7 cm³/mol. The Morgan fingerprint density at radius 2 is 2.24 bits per heavy atom. The fourth-order valence-electron chi connectivity index (χ4n) is 1.55. The van der Waals surface area contributed by atoms with Crippen LogP contribution < -0.4 is 0 Å². The molecule has 0 radical (unpaired) electrons. The summed E-state index contributed by atoms with van der Waals surface area (Å²) in [4.78, 5) is 11.6. The molecule has 2 rings (SSSR count). The van der Waals surface area contributed by atoms with Crippen molar-refractivity contribution in [3.8, 4) is 0 Å². The molecule has 0 N–H and O–H groups in total. The molecule has 2 heterocycles. The maximum Gasteiger partial charge on any atom is 0.128 e. The molecule has 0 aliphatic carbocycles. The molecule has 0 amide bonds. The fourth-order valence-corrected chi connectivity index (χ4v) is 4.27. The van der Waals surface area contributed by atoms with Crippen molar-refractivity contribution in [3.05, 3.63) is 16.8 Å². The zero-order chi connectivity index (χ0) is 12.3. The Labute approximate surface area is 118 Å². The minimum atomic E-state index is 0.878. The van der Waals surface area contributed by atoms with Gasteiger partial charge in [0.15, 0.2) is 0 Å². The Morgan fingerprint density at radius 1 is 1.41 bits per heavy atom. The molecule has 0 saturated carbocycles. The third kappa shape index (κ3) is 3.20. The second-order valence-electron chi connectivity index (χ2n) is 3.75. The Hall–Kier alpha value is -0.130. The van der Waals surface area contributed by atoms with Crippen LogP contribution in [0.5, 0.6) is 0 Å². The fraction of sp³-hybridized carbons (Fsp3) is 0.500. The number of thioether (sulfide) groups is 1. The predicted octanol–water partition coefficient (Wildman–Crippen LogP) is 4.44. The summed E-state index contributed by atoms with van der Waals surface area (Å²) in [5.41, 5.74) is 0. The first-order valence-electron chi connectivity index (χ1n) is 5.70. The van der Waals surface area contributed by atoms with E-state index in [-0.39, 0.29) is 0 Å². The average molecular weight is 331 g/mol. The van der Waals surface area contributed by atoms with Gasteiger partial charge >= 0.3 is 0 Å². The van der Waals surface area contributed by atoms with Crippen molar-refractivity contribution in [2.24, 2.45) is 0 Å². The maximum absolute atomic E-state index is 4.56. The van der Waals surface area contributed by atoms with Crippen molar-refractivity contribution >= 4 is 49.2 Å². The number of halogens is 1. The number of nitrogens with zero attached hydrogens (tertiary/aromatic N) is 2. The van der Waals surface area contributed by atoms with Crippen LogP contribution in [0.2, 0.25) is 0 Å². The Kier molecular flexibility index (Phi) is 4.82. The molecule has 92 valence electrons. The first kappa shape index (κ1) is 13.3. The first-order valence-corrected chi connectivity index (χ1v) is 8.62. The van der Waals surface area contributed by atoms with Crippen molar-refractivity contribution in [1.82, 2.24) is 9.97 Å². The van der Waals surface area contributed by atoms with Gasteiger partial charge < -0.3 is 0 Å². The summed E-state index contributed by atoms with van der Waals surface area (Å²) in [6, 6.07) is 2.25. The molecular formula is C12H15BrN2S2. The van der Waals surface area contributed by atoms with Gasteiger partial charge in [-0.05, 0) is 25.8 Å². The van der Waals surface area contributed by atoms with E-state index in [1.807, 2.05) is 18.7 Å². The summed E-state index contributed by atoms with van der Waals surface area (Å²) in [6.45, 7) is 4.15. The van der Waals surface area contributed by atoms with Gasteiger partial charge in [-0.1, -0.05) is 22.9 Å². The summed E-state index contributed by atoms with van der Waals surface area (Å²) < 4.78 is 0. The van der Waals surface area contributed by atoms with Crippen LogP contribution in [0.4, 0.5) is 0 Å². The van der Waals surface area contributed by atoms with E-state index in [9.17, 15) is 0 Å². The van der Waals surface area contributed by atoms with Crippen LogP contribution in [-0.2, 0) is 6.42 Å². The van der Waals surface area contributed by atoms with Gasteiger partial charge in [-0.3, -0.25) is 0 Å². The van der Waals surface area contributed by atoms with Crippen LogP contribution in [0.25, 0.3) is 10.2 Å². The molecule has 0 aromatic carbocycles. The number of thiophene rings is 1. The molecule has 0 saturated heterocycles. The van der Waals surface area contributed by atoms with Crippen LogP contribution in [0, 0.1) is 6.92 Å². The van der Waals surface area contributed by atoms with E-state index in [0.717, 1.165) is 33.2 Å². The summed E-state index contributed by atoms with van der Waals surface area (Å²) in [5, 5.41) is 3.43. The lowest BCUT2D eigenvalue weighted by Crippen LogP contribution is -1.91. The molecule has 2 nitrogen and oxygen atoms in total. The van der Waals surface area contributed by atoms with E-state index in [0.29, 0.717) is 0 Å². The SMILES string of the molecule is CCc1cc2c(SCCCBr)nc(C)nc2s1. The molecule has 17 heavy (non-hydrogen) atoms. The minimum absolute atomic E-state index is 0.878. The maximum atomic E-state index is 4.56. The second kappa shape index (κ2) is 6.16. The molecule has 0 unspecified atom stereocenters. The van der Waals surface area contributed by atoms with Crippen molar-refractivity contribution in [2.45, 2.75) is 31.7 Å². The molecule has 0 atom stereocenters. The highest BCUT2D eigenvalue weighted by atomic mass is 79.9. The molecule has 2 aromatic heterocycles. The van der Waals surface area contributed by atoms with Gasteiger partial charge in [0.25, 0.3) is 0 Å². The van der Waals surface area contributed by atoms with E-state index in [4.69, 9.17) is 0 Å². The molecule has 5 heteroatoms. The third-order valence-corrected chi connectivity index (χ3v) is 5.20. The van der Waals surface area contributed by atoms with E-state index in [1.165, 1.54) is 16.7 Å². The van der Waals surface area contributed by atoms with Gasteiger partial charge in [0, 0.05) is 21.3 Å². The molecular weight excluding hydrogens is 316 g/mol. The summed E-state index contributed by atoms with van der Waals surface area (Å²) in [5.74, 6) is 1.98. The van der Waals surface area contributed by atoms with Crippen LogP contribution in [-0.4, -0.2) is 21.1 Å². The van der Waals surface area contributed by atoms with E-state index < -0.39 is 0 Å². The standard InChI is InChI=1S/C12H15BrN2S2/c1-3-9-7-10-11(16-6-4-5-13)14-8(2)15-12(10)17-9/h7H,3-6H2,1-2H3. The van der Waals surface area contributed by atoms with Crippen molar-refractivity contribution < 1.29 is 0 Å². The summed E-state index contributed by atoms with van der Waals surface area (Å²) in [7, 11) is 0. The number of hydrogen-bond donors (Lipinski definition) is 0. The van der Waals surface area contributed by atoms with Crippen LogP contribution in [0.15, 0.2) is 11.1 Å². The highest BCUT2D eigenvalue weighted by molar-refractivity contribution is 9.09. The van der Waals surface area contributed by atoms with Crippen molar-refractivity contribution in [3.63, 3.8) is 0 Å². The largest absolute Gasteiger partial charge is 0.226 e. The van der Waals surface area contributed by atoms with E-state index in [2.05, 4.69) is 38.9 Å². The minimum Gasteiger partial charge on any atom is -0.226 e. The Morgan fingerprint density at radius 3 is 2.94 bits per heavy atom. The third-order valence-electron chi connectivity index (χ3n) is 2.39. The molecule has 0 fully saturated rings. The van der Waals surface area contributed by atoms with Crippen LogP contribution in [0.3, 0.4) is 0 Å². The highest BCUT2D eigenvalue weighted by Crippen LogP contribution is 2.31. The summed E-state index contributed by atoms with van der Waals surface area (Å²) >= 11 is 7.09. The number of hydrogen-bond acceptors (Lipinski definition) is 4. The highest BCUT2D eigenvalue weighted by Gasteiger charge is 2.09. The number of aryl methyl sites for hydroxylation is 2. The van der Waals surface area contributed by atoms with Gasteiger partial charge in [-0.25, -0.2) is 9.97 Å². The zero-order valence-electron chi connectivity index (χ0n) is 9.99. The molecule has 2 aromatic rings. The molecule has 0 bridgehead atoms. The first-order chi connectivity index (χ1) is 8.24. The van der Waals surface area contributed by atoms with Crippen LogP contribution >= 0.6 is 39.0 Å². The second-order valence-corrected chi connectivity index (χ2v) is 6.74. The lowest BCUT2D eigenvalue weighted by atomic mass is 10.3. The van der Waals surface area contributed by atoms with Gasteiger partial charge in [-0.15, -0.1) is 23.1 Å².